The maximum atomic E-state index is 12.5. The standard InChI is InChI=1S/C14H27N3O2S/c1-6-8-14(3,4)16-20(18,19)13-9-12(10-15-5)17(7-2)11-13/h9,11,15-16H,6-8,10H2,1-5H3. The monoisotopic (exact) mass is 301 g/mol. The average molecular weight is 301 g/mol. The van der Waals surface area contributed by atoms with Crippen LogP contribution in [-0.4, -0.2) is 25.6 Å². The number of hydrogen-bond acceptors (Lipinski definition) is 3. The van der Waals surface area contributed by atoms with Gasteiger partial charge in [0.25, 0.3) is 0 Å². The van der Waals surface area contributed by atoms with E-state index in [0.717, 1.165) is 25.1 Å². The van der Waals surface area contributed by atoms with E-state index in [1.807, 2.05) is 32.4 Å². The molecule has 0 saturated carbocycles. The molecule has 0 saturated heterocycles. The molecule has 20 heavy (non-hydrogen) atoms. The zero-order valence-corrected chi connectivity index (χ0v) is 14.0. The van der Waals surface area contributed by atoms with Crippen LogP contribution in [0.4, 0.5) is 0 Å². The number of sulfonamides is 1. The Morgan fingerprint density at radius 2 is 1.95 bits per heavy atom. The van der Waals surface area contributed by atoms with Crippen molar-refractivity contribution in [1.29, 1.82) is 0 Å². The summed E-state index contributed by atoms with van der Waals surface area (Å²) in [4.78, 5) is 0.341. The molecule has 0 aliphatic heterocycles. The Labute approximate surface area is 122 Å². The third-order valence-corrected chi connectivity index (χ3v) is 4.92. The number of hydrogen-bond donors (Lipinski definition) is 2. The second kappa shape index (κ2) is 6.74. The second-order valence-corrected chi connectivity index (χ2v) is 7.41. The fourth-order valence-corrected chi connectivity index (χ4v) is 3.90. The number of aromatic nitrogens is 1. The van der Waals surface area contributed by atoms with Gasteiger partial charge in [-0.15, -0.1) is 0 Å². The van der Waals surface area contributed by atoms with Crippen molar-refractivity contribution in [1.82, 2.24) is 14.6 Å². The van der Waals surface area contributed by atoms with Gasteiger partial charge in [0.1, 0.15) is 0 Å². The molecule has 0 aliphatic carbocycles. The van der Waals surface area contributed by atoms with Crippen LogP contribution >= 0.6 is 0 Å². The summed E-state index contributed by atoms with van der Waals surface area (Å²) < 4.78 is 29.7. The highest BCUT2D eigenvalue weighted by Crippen LogP contribution is 2.19. The molecule has 2 N–H and O–H groups in total. The molecule has 0 amide bonds. The first-order valence-electron chi connectivity index (χ1n) is 7.13. The summed E-state index contributed by atoms with van der Waals surface area (Å²) in [7, 11) is -1.62. The zero-order chi connectivity index (χ0) is 15.4. The Hall–Kier alpha value is -0.850. The topological polar surface area (TPSA) is 63.1 Å². The van der Waals surface area contributed by atoms with Crippen LogP contribution in [0.2, 0.25) is 0 Å². The van der Waals surface area contributed by atoms with Crippen LogP contribution < -0.4 is 10.0 Å². The van der Waals surface area contributed by atoms with E-state index in [4.69, 9.17) is 0 Å². The predicted molar refractivity (Wildman–Crippen MR) is 82.2 cm³/mol. The number of nitrogens with one attached hydrogen (secondary N) is 2. The van der Waals surface area contributed by atoms with Crippen LogP contribution in [0.3, 0.4) is 0 Å². The van der Waals surface area contributed by atoms with Gasteiger partial charge in [0.15, 0.2) is 0 Å². The number of rotatable bonds is 8. The summed E-state index contributed by atoms with van der Waals surface area (Å²) in [6, 6.07) is 1.74. The molecule has 1 rings (SSSR count). The molecule has 0 bridgehead atoms. The largest absolute Gasteiger partial charge is 0.349 e. The summed E-state index contributed by atoms with van der Waals surface area (Å²) in [5.74, 6) is 0. The maximum absolute atomic E-state index is 12.5. The van der Waals surface area contributed by atoms with Gasteiger partial charge in [-0.2, -0.15) is 0 Å². The van der Waals surface area contributed by atoms with Gasteiger partial charge >= 0.3 is 0 Å². The molecule has 116 valence electrons. The Morgan fingerprint density at radius 3 is 2.45 bits per heavy atom. The van der Waals surface area contributed by atoms with Crippen molar-refractivity contribution >= 4 is 10.0 Å². The van der Waals surface area contributed by atoms with Crippen LogP contribution in [0.15, 0.2) is 17.2 Å². The Balaban J connectivity index is 3.04. The highest BCUT2D eigenvalue weighted by Gasteiger charge is 2.26. The van der Waals surface area contributed by atoms with Gasteiger partial charge in [-0.05, 0) is 40.3 Å². The van der Waals surface area contributed by atoms with Crippen molar-refractivity contribution in [2.75, 3.05) is 7.05 Å². The van der Waals surface area contributed by atoms with Crippen LogP contribution in [0.5, 0.6) is 0 Å². The SMILES string of the molecule is CCCC(C)(C)NS(=O)(=O)c1cc(CNC)n(CC)c1. The molecule has 0 fully saturated rings. The molecule has 1 aromatic heterocycles. The normalized spacial score (nSPS) is 12.8. The lowest BCUT2D eigenvalue weighted by Crippen LogP contribution is -2.43. The van der Waals surface area contributed by atoms with Gasteiger partial charge in [-0.1, -0.05) is 13.3 Å². The highest BCUT2D eigenvalue weighted by molar-refractivity contribution is 7.89. The lowest BCUT2D eigenvalue weighted by atomic mass is 10.0. The summed E-state index contributed by atoms with van der Waals surface area (Å²) in [5.41, 5.74) is 0.550. The summed E-state index contributed by atoms with van der Waals surface area (Å²) in [6.07, 6.45) is 3.46. The first-order valence-corrected chi connectivity index (χ1v) is 8.61. The van der Waals surface area contributed by atoms with E-state index < -0.39 is 15.6 Å². The molecular formula is C14H27N3O2S. The molecule has 0 radical (unpaired) electrons. The molecule has 0 spiro atoms. The summed E-state index contributed by atoms with van der Waals surface area (Å²) in [6.45, 7) is 9.30. The summed E-state index contributed by atoms with van der Waals surface area (Å²) in [5, 5.41) is 3.06. The van der Waals surface area contributed by atoms with Crippen molar-refractivity contribution in [3.63, 3.8) is 0 Å². The van der Waals surface area contributed by atoms with Crippen molar-refractivity contribution in [2.24, 2.45) is 0 Å². The van der Waals surface area contributed by atoms with Gasteiger partial charge in [0, 0.05) is 30.5 Å². The van der Waals surface area contributed by atoms with E-state index >= 15 is 0 Å². The van der Waals surface area contributed by atoms with Gasteiger partial charge in [0.2, 0.25) is 10.0 Å². The maximum Gasteiger partial charge on any atom is 0.242 e. The van der Waals surface area contributed by atoms with Crippen LogP contribution in [-0.2, 0) is 23.1 Å². The van der Waals surface area contributed by atoms with Gasteiger partial charge in [0.05, 0.1) is 4.90 Å². The second-order valence-electron chi connectivity index (χ2n) is 5.72. The van der Waals surface area contributed by atoms with E-state index in [9.17, 15) is 8.42 Å². The predicted octanol–water partition coefficient (Wildman–Crippen LogP) is 2.08. The fraction of sp³-hybridized carbons (Fsp3) is 0.714. The Kier molecular flexibility index (Phi) is 5.79. The molecule has 0 aliphatic rings. The van der Waals surface area contributed by atoms with E-state index in [-0.39, 0.29) is 0 Å². The number of aryl methyl sites for hydroxylation is 1. The minimum absolute atomic E-state index is 0.341. The van der Waals surface area contributed by atoms with E-state index in [1.165, 1.54) is 0 Å². The van der Waals surface area contributed by atoms with E-state index in [0.29, 0.717) is 11.4 Å². The molecule has 5 nitrogen and oxygen atoms in total. The first kappa shape index (κ1) is 17.2. The highest BCUT2D eigenvalue weighted by atomic mass is 32.2. The minimum atomic E-state index is -3.47. The van der Waals surface area contributed by atoms with E-state index in [2.05, 4.69) is 17.0 Å². The van der Waals surface area contributed by atoms with Gasteiger partial charge in [-0.25, -0.2) is 13.1 Å². The molecule has 1 heterocycles. The van der Waals surface area contributed by atoms with Crippen LogP contribution in [0, 0.1) is 0 Å². The van der Waals surface area contributed by atoms with E-state index in [1.54, 1.807) is 12.3 Å². The first-order chi connectivity index (χ1) is 9.25. The zero-order valence-electron chi connectivity index (χ0n) is 13.2. The Bertz CT molecular complexity index is 533. The molecule has 0 atom stereocenters. The van der Waals surface area contributed by atoms with Gasteiger partial charge < -0.3 is 9.88 Å². The van der Waals surface area contributed by atoms with Crippen molar-refractivity contribution in [3.05, 3.63) is 18.0 Å². The van der Waals surface area contributed by atoms with Crippen LogP contribution in [0.25, 0.3) is 0 Å². The molecule has 1 aromatic rings. The molecule has 6 heteroatoms. The molecule has 0 unspecified atom stereocenters. The van der Waals surface area contributed by atoms with Crippen LogP contribution in [0.1, 0.15) is 46.2 Å². The lowest BCUT2D eigenvalue weighted by Gasteiger charge is -2.25. The fourth-order valence-electron chi connectivity index (χ4n) is 2.39. The molecule has 0 aromatic carbocycles. The van der Waals surface area contributed by atoms with Gasteiger partial charge in [-0.3, -0.25) is 0 Å². The quantitative estimate of drug-likeness (QED) is 0.773. The third kappa shape index (κ3) is 4.33. The Morgan fingerprint density at radius 1 is 1.30 bits per heavy atom. The average Bonchev–Trinajstić information content (AvgIpc) is 2.72. The summed E-state index contributed by atoms with van der Waals surface area (Å²) >= 11 is 0. The number of nitrogens with zero attached hydrogens (tertiary/aromatic N) is 1. The molecular weight excluding hydrogens is 274 g/mol. The smallest absolute Gasteiger partial charge is 0.242 e. The minimum Gasteiger partial charge on any atom is -0.349 e. The third-order valence-electron chi connectivity index (χ3n) is 3.26. The van der Waals surface area contributed by atoms with Crippen molar-refractivity contribution in [2.45, 2.75) is 64.1 Å². The van der Waals surface area contributed by atoms with Crippen molar-refractivity contribution < 1.29 is 8.42 Å². The van der Waals surface area contributed by atoms with Crippen molar-refractivity contribution in [3.8, 4) is 0 Å². The lowest BCUT2D eigenvalue weighted by molar-refractivity contribution is 0.417.